The van der Waals surface area contributed by atoms with Gasteiger partial charge < -0.3 is 5.32 Å². The van der Waals surface area contributed by atoms with E-state index in [1.807, 2.05) is 24.3 Å². The van der Waals surface area contributed by atoms with Gasteiger partial charge in [0, 0.05) is 11.1 Å². The Morgan fingerprint density at radius 2 is 0.621 bits per heavy atom. The smallest absolute Gasteiger partial charge is 0.159 e. The van der Waals surface area contributed by atoms with Crippen LogP contribution in [0.2, 0.25) is 0 Å². The van der Waals surface area contributed by atoms with Crippen molar-refractivity contribution in [2.75, 3.05) is 0 Å². The summed E-state index contributed by atoms with van der Waals surface area (Å²) in [5, 5.41) is 3.64. The third-order valence-corrected chi connectivity index (χ3v) is 12.3. The number of hydrogen-bond donors (Lipinski definition) is 1. The average Bonchev–Trinajstić information content (AvgIpc) is 3.41. The summed E-state index contributed by atoms with van der Waals surface area (Å²) in [6, 6.07) is 93.0. The fraction of sp³-hybridized carbons (Fsp3) is 0.0159. The first-order valence-corrected chi connectivity index (χ1v) is 22.5. The third-order valence-electron chi connectivity index (χ3n) is 12.3. The summed E-state index contributed by atoms with van der Waals surface area (Å²) in [4.78, 5) is 10.1. The van der Waals surface area contributed by atoms with Crippen LogP contribution in [0.4, 0.5) is 0 Å². The first-order valence-electron chi connectivity index (χ1n) is 22.5. The minimum Gasteiger partial charge on any atom is -0.344 e. The molecule has 0 aromatic heterocycles. The minimum absolute atomic E-state index is 0.266. The number of nitrogens with zero attached hydrogens (tertiary/aromatic N) is 2. The molecule has 1 N–H and O–H groups in total. The second-order valence-corrected chi connectivity index (χ2v) is 16.5. The van der Waals surface area contributed by atoms with Gasteiger partial charge in [-0.25, -0.2) is 9.98 Å². The van der Waals surface area contributed by atoms with Crippen LogP contribution in [0.25, 0.3) is 77.9 Å². The molecule has 0 bridgehead atoms. The van der Waals surface area contributed by atoms with Crippen LogP contribution < -0.4 is 5.32 Å². The number of rotatable bonds is 10. The summed E-state index contributed by atoms with van der Waals surface area (Å²) in [6.45, 7) is 0. The molecular weight excluding hydrogens is 799 g/mol. The van der Waals surface area contributed by atoms with E-state index in [9.17, 15) is 0 Å². The molecule has 312 valence electrons. The summed E-state index contributed by atoms with van der Waals surface area (Å²) in [7, 11) is 0. The zero-order valence-electron chi connectivity index (χ0n) is 36.3. The lowest BCUT2D eigenvalue weighted by molar-refractivity contribution is 0.674. The van der Waals surface area contributed by atoms with Crippen molar-refractivity contribution in [3.05, 3.63) is 278 Å². The lowest BCUT2D eigenvalue weighted by Gasteiger charge is -2.24. The Balaban J connectivity index is 1.03. The summed E-state index contributed by atoms with van der Waals surface area (Å²) in [5.41, 5.74) is 19.5. The van der Waals surface area contributed by atoms with E-state index in [1.54, 1.807) is 0 Å². The Morgan fingerprint density at radius 1 is 0.273 bits per heavy atom. The monoisotopic (exact) mass is 843 g/mol. The van der Waals surface area contributed by atoms with Gasteiger partial charge in [0.1, 0.15) is 12.0 Å². The molecule has 0 aliphatic carbocycles. The summed E-state index contributed by atoms with van der Waals surface area (Å²) < 4.78 is 0. The van der Waals surface area contributed by atoms with E-state index in [2.05, 4.69) is 242 Å². The van der Waals surface area contributed by atoms with Crippen molar-refractivity contribution < 1.29 is 0 Å². The van der Waals surface area contributed by atoms with E-state index in [1.165, 1.54) is 50.1 Å². The fourth-order valence-electron chi connectivity index (χ4n) is 9.17. The standard InChI is InChI=1S/C63H45N3/c1-7-22-44(23-8-1)56-43-57(59(46-26-11-3-12-27-46)60(47-28-13-4-14-29-47)58(56)45-24-9-2-10-25-45)54-38-20-36-52(41-54)50-34-19-35-51(40-50)53-37-21-39-55(42-53)63-65-61(48-30-15-5-16-31-48)64-62(66-63)49-32-17-6-18-33-49/h1-43,61H,(H,64,65,66). The van der Waals surface area contributed by atoms with Crippen LogP contribution in [0.3, 0.4) is 0 Å². The number of nitrogens with one attached hydrogen (secondary N) is 1. The summed E-state index contributed by atoms with van der Waals surface area (Å²) >= 11 is 0. The van der Waals surface area contributed by atoms with Gasteiger partial charge >= 0.3 is 0 Å². The van der Waals surface area contributed by atoms with Crippen molar-refractivity contribution in [1.82, 2.24) is 5.32 Å². The molecule has 0 saturated carbocycles. The molecule has 0 spiro atoms. The number of benzene rings is 10. The molecule has 1 heterocycles. The lowest BCUT2D eigenvalue weighted by atomic mass is 9.78. The molecule has 11 rings (SSSR count). The van der Waals surface area contributed by atoms with Gasteiger partial charge in [-0.15, -0.1) is 0 Å². The molecule has 0 saturated heterocycles. The molecule has 0 fully saturated rings. The predicted molar refractivity (Wildman–Crippen MR) is 276 cm³/mol. The van der Waals surface area contributed by atoms with Crippen molar-refractivity contribution in [2.24, 2.45) is 9.98 Å². The van der Waals surface area contributed by atoms with Crippen LogP contribution in [-0.4, -0.2) is 11.7 Å². The highest BCUT2D eigenvalue weighted by molar-refractivity contribution is 6.13. The largest absolute Gasteiger partial charge is 0.344 e. The minimum atomic E-state index is -0.266. The van der Waals surface area contributed by atoms with E-state index >= 15 is 0 Å². The Labute approximate surface area is 386 Å². The Kier molecular flexibility index (Phi) is 11.1. The molecule has 3 nitrogen and oxygen atoms in total. The van der Waals surface area contributed by atoms with Crippen LogP contribution in [-0.2, 0) is 0 Å². The van der Waals surface area contributed by atoms with Gasteiger partial charge in [0.25, 0.3) is 0 Å². The second-order valence-electron chi connectivity index (χ2n) is 16.5. The maximum absolute atomic E-state index is 5.09. The van der Waals surface area contributed by atoms with E-state index in [0.29, 0.717) is 5.84 Å². The van der Waals surface area contributed by atoms with Gasteiger partial charge in [0.15, 0.2) is 5.84 Å². The van der Waals surface area contributed by atoms with Gasteiger partial charge in [0.2, 0.25) is 0 Å². The Bertz CT molecular complexity index is 3350. The number of amidine groups is 2. The van der Waals surface area contributed by atoms with Crippen LogP contribution in [0.5, 0.6) is 0 Å². The van der Waals surface area contributed by atoms with Crippen molar-refractivity contribution in [3.63, 3.8) is 0 Å². The van der Waals surface area contributed by atoms with Crippen LogP contribution in [0, 0.1) is 0 Å². The van der Waals surface area contributed by atoms with Gasteiger partial charge in [-0.1, -0.05) is 237 Å². The number of hydrogen-bond acceptors (Lipinski definition) is 3. The zero-order chi connectivity index (χ0) is 44.1. The van der Waals surface area contributed by atoms with Crippen molar-refractivity contribution in [1.29, 1.82) is 0 Å². The first kappa shape index (κ1) is 40.1. The summed E-state index contributed by atoms with van der Waals surface area (Å²) in [6.07, 6.45) is -0.266. The maximum atomic E-state index is 5.09. The molecule has 0 amide bonds. The molecular formula is C63H45N3. The Hall–Kier alpha value is -8.66. The highest BCUT2D eigenvalue weighted by Gasteiger charge is 2.25. The highest BCUT2D eigenvalue weighted by atomic mass is 15.2. The molecule has 1 aliphatic rings. The van der Waals surface area contributed by atoms with Crippen LogP contribution in [0.15, 0.2) is 271 Å². The molecule has 1 atom stereocenters. The van der Waals surface area contributed by atoms with Gasteiger partial charge in [-0.2, -0.15) is 0 Å². The van der Waals surface area contributed by atoms with E-state index in [0.717, 1.165) is 50.3 Å². The molecule has 3 heteroatoms. The second kappa shape index (κ2) is 18.2. The summed E-state index contributed by atoms with van der Waals surface area (Å²) in [5.74, 6) is 1.50. The van der Waals surface area contributed by atoms with Crippen LogP contribution in [0.1, 0.15) is 22.9 Å². The van der Waals surface area contributed by atoms with E-state index < -0.39 is 0 Å². The van der Waals surface area contributed by atoms with Gasteiger partial charge in [-0.05, 0) is 108 Å². The van der Waals surface area contributed by atoms with Gasteiger partial charge in [-0.3, -0.25) is 0 Å². The molecule has 1 aliphatic heterocycles. The Morgan fingerprint density at radius 3 is 1.12 bits per heavy atom. The quantitative estimate of drug-likeness (QED) is 0.146. The topological polar surface area (TPSA) is 36.8 Å². The molecule has 10 aromatic rings. The number of aliphatic imine (C=N–C) groups is 2. The average molecular weight is 844 g/mol. The molecule has 0 radical (unpaired) electrons. The van der Waals surface area contributed by atoms with Crippen molar-refractivity contribution in [3.8, 4) is 77.9 Å². The lowest BCUT2D eigenvalue weighted by Crippen LogP contribution is -2.33. The van der Waals surface area contributed by atoms with E-state index in [4.69, 9.17) is 9.98 Å². The fourth-order valence-corrected chi connectivity index (χ4v) is 9.17. The van der Waals surface area contributed by atoms with Crippen molar-refractivity contribution in [2.45, 2.75) is 6.17 Å². The zero-order valence-corrected chi connectivity index (χ0v) is 36.3. The van der Waals surface area contributed by atoms with E-state index in [-0.39, 0.29) is 6.17 Å². The highest BCUT2D eigenvalue weighted by Crippen LogP contribution is 2.50. The van der Waals surface area contributed by atoms with Crippen molar-refractivity contribution >= 4 is 11.7 Å². The SMILES string of the molecule is c1ccc(C2=NC(c3ccccc3)NC(c3cccc(-c4cccc(-c5cccc(-c6cc(-c7ccccc7)c(-c7ccccc7)c(-c7ccccc7)c6-c6ccccc6)c5)c4)c3)=N2)cc1. The maximum Gasteiger partial charge on any atom is 0.159 e. The first-order chi connectivity index (χ1) is 32.7. The molecule has 66 heavy (non-hydrogen) atoms. The van der Waals surface area contributed by atoms with Crippen LogP contribution >= 0.6 is 0 Å². The predicted octanol–water partition coefficient (Wildman–Crippen LogP) is 15.9. The molecule has 1 unspecified atom stereocenters. The normalized spacial score (nSPS) is 13.3. The van der Waals surface area contributed by atoms with Gasteiger partial charge in [0.05, 0.1) is 0 Å². The third kappa shape index (κ3) is 8.18. The molecule has 10 aromatic carbocycles.